The minimum Gasteiger partial charge on any atom is -0.478 e. The summed E-state index contributed by atoms with van der Waals surface area (Å²) in [5, 5.41) is 32.7. The summed E-state index contributed by atoms with van der Waals surface area (Å²) in [4.78, 5) is 99.5. The lowest BCUT2D eigenvalue weighted by Gasteiger charge is -2.49. The van der Waals surface area contributed by atoms with Gasteiger partial charge in [0.2, 0.25) is 17.7 Å². The van der Waals surface area contributed by atoms with Crippen LogP contribution in [-0.2, 0) is 44.9 Å². The Balaban J connectivity index is 1.25. The van der Waals surface area contributed by atoms with Crippen LogP contribution in [0.4, 0.5) is 16.6 Å². The highest BCUT2D eigenvalue weighted by Crippen LogP contribution is 2.40. The topological polar surface area (TPSA) is 315 Å². The van der Waals surface area contributed by atoms with E-state index < -0.39 is 64.5 Å². The number of thioether (sulfide) groups is 1. The number of Topliss-reactive ketones (excluding diaryl/α,β-unsaturated/α-hetero) is 1. The van der Waals surface area contributed by atoms with E-state index in [1.54, 1.807) is 10.8 Å². The van der Waals surface area contributed by atoms with E-state index in [4.69, 9.17) is 33.0 Å². The number of halogens is 1. The number of nitrogens with one attached hydrogen (secondary N) is 4. The Morgan fingerprint density at radius 3 is 2.63 bits per heavy atom. The number of nitrogen functional groups attached to an aromatic ring is 2. The first-order valence-corrected chi connectivity index (χ1v) is 17.2. The number of anilines is 3. The average molecular weight is 779 g/mol. The van der Waals surface area contributed by atoms with Crippen molar-refractivity contribution in [1.29, 1.82) is 0 Å². The number of carboxylic acids is 2. The van der Waals surface area contributed by atoms with Crippen molar-refractivity contribution < 1.29 is 53.2 Å². The van der Waals surface area contributed by atoms with E-state index in [1.807, 2.05) is 0 Å². The van der Waals surface area contributed by atoms with Crippen molar-refractivity contribution in [1.82, 2.24) is 30.8 Å². The van der Waals surface area contributed by atoms with Crippen molar-refractivity contribution in [2.75, 3.05) is 42.2 Å². The van der Waals surface area contributed by atoms with Crippen molar-refractivity contribution in [2.24, 2.45) is 5.16 Å². The number of rotatable bonds is 14. The molecular weight excluding hydrogens is 750 g/mol. The third-order valence-corrected chi connectivity index (χ3v) is 9.90. The van der Waals surface area contributed by atoms with Gasteiger partial charge in [-0.3, -0.25) is 28.9 Å². The maximum Gasteiger partial charge on any atom is 0.352 e. The van der Waals surface area contributed by atoms with Gasteiger partial charge in [-0.15, -0.1) is 11.8 Å². The minimum absolute atomic E-state index is 0.00686. The second kappa shape index (κ2) is 15.6. The Hall–Kier alpha value is -5.81. The van der Waals surface area contributed by atoms with E-state index in [0.717, 1.165) is 22.3 Å². The first kappa shape index (κ1) is 37.4. The highest BCUT2D eigenvalue weighted by Gasteiger charge is 2.54. The lowest BCUT2D eigenvalue weighted by atomic mass is 10.0. The van der Waals surface area contributed by atoms with Crippen LogP contribution in [0, 0.1) is 0 Å². The Morgan fingerprint density at radius 1 is 1.23 bits per heavy atom. The second-order valence-corrected chi connectivity index (χ2v) is 13.8. The number of carbonyl (C=O) groups excluding carboxylic acids is 5. The molecule has 52 heavy (non-hydrogen) atoms. The molecule has 1 saturated heterocycles. The van der Waals surface area contributed by atoms with Gasteiger partial charge in [0, 0.05) is 30.5 Å². The van der Waals surface area contributed by atoms with Crippen molar-refractivity contribution in [3.8, 4) is 0 Å². The van der Waals surface area contributed by atoms with Crippen molar-refractivity contribution in [2.45, 2.75) is 31.0 Å². The third-order valence-electron chi connectivity index (χ3n) is 7.48. The summed E-state index contributed by atoms with van der Waals surface area (Å²) >= 11 is 8.17. The van der Waals surface area contributed by atoms with Gasteiger partial charge in [-0.25, -0.2) is 19.1 Å². The van der Waals surface area contributed by atoms with E-state index >= 15 is 0 Å². The first-order chi connectivity index (χ1) is 24.7. The van der Waals surface area contributed by atoms with Crippen molar-refractivity contribution in [3.05, 3.63) is 45.6 Å². The predicted octanol–water partition coefficient (Wildman–Crippen LogP) is -2.57. The summed E-state index contributed by atoms with van der Waals surface area (Å²) in [6, 6.07) is -1.19. The van der Waals surface area contributed by atoms with E-state index in [1.165, 1.54) is 25.0 Å². The molecule has 0 bridgehead atoms. The standard InChI is InChI=1S/C28H28ClN11O10S2/c1-10(26(46)47)50-38-17(16-20(29)52-28(31)37-16)23(44)36-18-24(45)40-19(27(48)49)11(8-51-25(18)40)6-39-7-13(21(30)35-9-39)32-2-3-33-22(43)12-4-14(41)15(42)5-34-12/h4,7,9-10,18,25,30,32H,2-3,5-6,8H2,1H3,(H7,31,33,34,36,37,41,43,44,46,47,48,49)/p+1/b38-17-/t10-,18+,25+/m0/s1. The van der Waals surface area contributed by atoms with Crippen LogP contribution in [-0.4, -0.2) is 115 Å². The van der Waals surface area contributed by atoms with Crippen LogP contribution in [0.2, 0.25) is 4.34 Å². The van der Waals surface area contributed by atoms with Crippen LogP contribution in [0.1, 0.15) is 12.6 Å². The Morgan fingerprint density at radius 2 is 1.98 bits per heavy atom. The zero-order chi connectivity index (χ0) is 37.9. The van der Waals surface area contributed by atoms with Crippen LogP contribution < -0.4 is 37.3 Å². The van der Waals surface area contributed by atoms with Crippen LogP contribution in [0.25, 0.3) is 0 Å². The second-order valence-electron chi connectivity index (χ2n) is 11.0. The molecule has 3 atom stereocenters. The number of ketones is 2. The molecule has 3 amide bonds. The van der Waals surface area contributed by atoms with Gasteiger partial charge in [-0.05, 0) is 11.9 Å². The van der Waals surface area contributed by atoms with E-state index in [9.17, 15) is 38.7 Å². The summed E-state index contributed by atoms with van der Waals surface area (Å²) in [5.74, 6) is -6.23. The highest BCUT2D eigenvalue weighted by molar-refractivity contribution is 8.00. The number of thiazole rings is 1. The molecule has 1 fully saturated rings. The average Bonchev–Trinajstić information content (AvgIpc) is 3.44. The molecule has 274 valence electrons. The fourth-order valence-electron chi connectivity index (χ4n) is 4.90. The Labute approximate surface area is 305 Å². The molecule has 21 nitrogen and oxygen atoms in total. The molecule has 2 aromatic rings. The predicted molar refractivity (Wildman–Crippen MR) is 182 cm³/mol. The largest absolute Gasteiger partial charge is 0.478 e. The van der Waals surface area contributed by atoms with Gasteiger partial charge in [-0.1, -0.05) is 28.1 Å². The summed E-state index contributed by atoms with van der Waals surface area (Å²) < 4.78 is 1.50. The van der Waals surface area contributed by atoms with Gasteiger partial charge in [0.25, 0.3) is 29.9 Å². The molecule has 5 rings (SSSR count). The number of nitrogens with zero attached hydrogens (tertiary/aromatic N) is 5. The number of nitrogens with two attached hydrogens (primary N) is 2. The van der Waals surface area contributed by atoms with E-state index in [2.05, 4.69) is 36.4 Å². The molecule has 0 unspecified atom stereocenters. The monoisotopic (exact) mass is 778 g/mol. The number of hydrogen-bond acceptors (Lipinski definition) is 17. The van der Waals surface area contributed by atoms with Gasteiger partial charge in [0.05, 0.1) is 6.54 Å². The lowest BCUT2D eigenvalue weighted by molar-refractivity contribution is -0.691. The molecular formula is C28H29ClN11O10S2+. The molecule has 0 aliphatic carbocycles. The smallest absolute Gasteiger partial charge is 0.352 e. The third kappa shape index (κ3) is 8.05. The van der Waals surface area contributed by atoms with Crippen LogP contribution >= 0.6 is 34.7 Å². The number of carbonyl (C=O) groups is 7. The molecule has 0 radical (unpaired) electrons. The molecule has 10 N–H and O–H groups in total. The number of oxime groups is 1. The summed E-state index contributed by atoms with van der Waals surface area (Å²) in [6.07, 6.45) is 2.41. The fourth-order valence-corrected chi connectivity index (χ4v) is 7.16. The minimum atomic E-state index is -1.45. The normalized spacial score (nSPS) is 19.1. The molecule has 3 aliphatic rings. The molecule has 24 heteroatoms. The Bertz CT molecular complexity index is 1980. The number of β-lactam (4-membered cyclic amide) rings is 1. The number of aromatic nitrogens is 3. The lowest BCUT2D eigenvalue weighted by Crippen LogP contribution is -2.71. The number of aliphatic carboxylic acids is 2. The van der Waals surface area contributed by atoms with Gasteiger partial charge < -0.3 is 47.8 Å². The Kier molecular flexibility index (Phi) is 11.2. The SMILES string of the molecule is C[C@H](O/N=C(\C(=O)N[C@@H]1C(=O)N2C(C(=O)O)=C(C[n+]3cnc(N)c(NCCNC(=O)C4=CC(=O)C(=O)CN4)c3)CS[C@H]12)c1nc(N)sc1Cl)C(=O)O. The zero-order valence-electron chi connectivity index (χ0n) is 26.7. The van der Waals surface area contributed by atoms with Gasteiger partial charge in [0.15, 0.2) is 10.8 Å². The van der Waals surface area contributed by atoms with Gasteiger partial charge >= 0.3 is 11.9 Å². The quantitative estimate of drug-likeness (QED) is 0.0244. The first-order valence-electron chi connectivity index (χ1n) is 14.9. The molecule has 0 saturated carbocycles. The van der Waals surface area contributed by atoms with E-state index in [-0.39, 0.29) is 64.3 Å². The van der Waals surface area contributed by atoms with E-state index in [0.29, 0.717) is 11.3 Å². The summed E-state index contributed by atoms with van der Waals surface area (Å²) in [7, 11) is 0. The zero-order valence-corrected chi connectivity index (χ0v) is 29.1. The summed E-state index contributed by atoms with van der Waals surface area (Å²) in [5.41, 5.74) is 11.3. The maximum absolute atomic E-state index is 13.3. The van der Waals surface area contributed by atoms with Gasteiger partial charge in [0.1, 0.15) is 51.3 Å². The number of fused-ring (bicyclic) bond motifs is 1. The molecule has 0 aromatic carbocycles. The van der Waals surface area contributed by atoms with Crippen LogP contribution in [0.15, 0.2) is 40.7 Å². The van der Waals surface area contributed by atoms with Crippen LogP contribution in [0.3, 0.4) is 0 Å². The molecule has 0 spiro atoms. The van der Waals surface area contributed by atoms with Crippen LogP contribution in [0.5, 0.6) is 0 Å². The van der Waals surface area contributed by atoms with Crippen molar-refractivity contribution >= 4 is 98.3 Å². The number of amides is 3. The molecule has 3 aliphatic heterocycles. The fraction of sp³-hybridized carbons (Fsp3) is 0.321. The van der Waals surface area contributed by atoms with Gasteiger partial charge in [-0.2, -0.15) is 0 Å². The van der Waals surface area contributed by atoms with Crippen molar-refractivity contribution in [3.63, 3.8) is 0 Å². The summed E-state index contributed by atoms with van der Waals surface area (Å²) in [6.45, 7) is 1.17. The number of allylic oxidation sites excluding steroid dienone is 1. The highest BCUT2D eigenvalue weighted by atomic mass is 35.5. The number of hydrogen-bond donors (Lipinski definition) is 8. The molecule has 2 aromatic heterocycles. The number of carboxylic acid groups (broad SMARTS) is 2. The maximum atomic E-state index is 13.3. The molecule has 5 heterocycles.